The van der Waals surface area contributed by atoms with Gasteiger partial charge in [-0.25, -0.2) is 0 Å². The zero-order valence-corrected chi connectivity index (χ0v) is 15.5. The van der Waals surface area contributed by atoms with E-state index in [-0.39, 0.29) is 25.0 Å². The number of hydrogen-bond acceptors (Lipinski definition) is 4. The Labute approximate surface area is 153 Å². The van der Waals surface area contributed by atoms with Crippen molar-refractivity contribution in [1.82, 2.24) is 4.98 Å². The molecule has 0 fully saturated rings. The van der Waals surface area contributed by atoms with Crippen molar-refractivity contribution in [2.24, 2.45) is 5.41 Å². The van der Waals surface area contributed by atoms with E-state index in [0.717, 1.165) is 11.1 Å². The molecule has 0 saturated carbocycles. The minimum atomic E-state index is -0.728. The first kappa shape index (κ1) is 17.9. The Balaban J connectivity index is 1.84. The van der Waals surface area contributed by atoms with Crippen LogP contribution < -0.4 is 15.0 Å². The summed E-state index contributed by atoms with van der Waals surface area (Å²) in [6, 6.07) is 7.52. The molecule has 2 aromatic rings. The summed E-state index contributed by atoms with van der Waals surface area (Å²) in [5, 5.41) is 2.87. The van der Waals surface area contributed by atoms with Crippen molar-refractivity contribution in [3.05, 3.63) is 47.8 Å². The number of ether oxygens (including phenoxy) is 1. The number of benzene rings is 1. The van der Waals surface area contributed by atoms with Crippen LogP contribution in [0.25, 0.3) is 0 Å². The van der Waals surface area contributed by atoms with Gasteiger partial charge < -0.3 is 15.0 Å². The molecule has 6 heteroatoms. The number of rotatable bonds is 3. The van der Waals surface area contributed by atoms with Gasteiger partial charge >= 0.3 is 0 Å². The summed E-state index contributed by atoms with van der Waals surface area (Å²) in [6.07, 6.45) is 3.18. The number of nitrogens with one attached hydrogen (secondary N) is 1. The van der Waals surface area contributed by atoms with Crippen molar-refractivity contribution >= 4 is 23.2 Å². The SMILES string of the molecule is Cc1ccc(OCC(=O)N2CC(C)(C)C(=O)Nc3ccncc32)c(C)c1. The number of aryl methyl sites for hydroxylation is 2. The molecule has 1 aliphatic rings. The van der Waals surface area contributed by atoms with Crippen molar-refractivity contribution in [1.29, 1.82) is 0 Å². The lowest BCUT2D eigenvalue weighted by Crippen LogP contribution is -2.43. The highest BCUT2D eigenvalue weighted by atomic mass is 16.5. The number of anilines is 2. The zero-order valence-electron chi connectivity index (χ0n) is 15.5. The normalized spacial score (nSPS) is 15.7. The third-order valence-electron chi connectivity index (χ3n) is 4.49. The van der Waals surface area contributed by atoms with E-state index in [0.29, 0.717) is 17.1 Å². The lowest BCUT2D eigenvalue weighted by molar-refractivity contribution is -0.124. The Kier molecular flexibility index (Phi) is 4.68. The number of carbonyl (C=O) groups is 2. The molecular weight excluding hydrogens is 330 g/mol. The minimum Gasteiger partial charge on any atom is -0.483 e. The van der Waals surface area contributed by atoms with Crippen LogP contribution in [0.3, 0.4) is 0 Å². The largest absolute Gasteiger partial charge is 0.483 e. The maximum atomic E-state index is 12.9. The fourth-order valence-corrected chi connectivity index (χ4v) is 2.95. The van der Waals surface area contributed by atoms with Crippen LogP contribution in [-0.2, 0) is 9.59 Å². The van der Waals surface area contributed by atoms with Crippen LogP contribution in [0.2, 0.25) is 0 Å². The standard InChI is InChI=1S/C20H23N3O3/c1-13-5-6-17(14(2)9-13)26-11-18(24)23-12-20(3,4)19(25)22-15-7-8-21-10-16(15)23/h5-10H,11-12H2,1-4H3,(H,22,25). The summed E-state index contributed by atoms with van der Waals surface area (Å²) in [7, 11) is 0. The molecule has 2 heterocycles. The third-order valence-corrected chi connectivity index (χ3v) is 4.49. The maximum absolute atomic E-state index is 12.9. The van der Waals surface area contributed by atoms with Crippen molar-refractivity contribution in [2.45, 2.75) is 27.7 Å². The topological polar surface area (TPSA) is 71.5 Å². The molecule has 0 saturated heterocycles. The van der Waals surface area contributed by atoms with Crippen LogP contribution >= 0.6 is 0 Å². The van der Waals surface area contributed by atoms with Gasteiger partial charge in [-0.3, -0.25) is 14.6 Å². The maximum Gasteiger partial charge on any atom is 0.265 e. The lowest BCUT2D eigenvalue weighted by Gasteiger charge is -2.28. The van der Waals surface area contributed by atoms with Crippen molar-refractivity contribution in [3.63, 3.8) is 0 Å². The van der Waals surface area contributed by atoms with Gasteiger partial charge in [-0.15, -0.1) is 0 Å². The smallest absolute Gasteiger partial charge is 0.265 e. The van der Waals surface area contributed by atoms with Gasteiger partial charge in [0, 0.05) is 12.7 Å². The molecule has 1 aromatic carbocycles. The molecule has 1 aromatic heterocycles. The molecular formula is C20H23N3O3. The Morgan fingerprint density at radius 3 is 2.81 bits per heavy atom. The quantitative estimate of drug-likeness (QED) is 0.920. The second kappa shape index (κ2) is 6.78. The summed E-state index contributed by atoms with van der Waals surface area (Å²) < 4.78 is 5.74. The Bertz CT molecular complexity index is 861. The molecule has 0 aliphatic carbocycles. The third kappa shape index (κ3) is 3.54. The van der Waals surface area contributed by atoms with E-state index in [2.05, 4.69) is 10.3 Å². The van der Waals surface area contributed by atoms with E-state index in [9.17, 15) is 9.59 Å². The molecule has 6 nitrogen and oxygen atoms in total. The Hall–Kier alpha value is -2.89. The van der Waals surface area contributed by atoms with Crippen LogP contribution in [0.1, 0.15) is 25.0 Å². The van der Waals surface area contributed by atoms with E-state index < -0.39 is 5.41 Å². The monoisotopic (exact) mass is 353 g/mol. The summed E-state index contributed by atoms with van der Waals surface area (Å²) in [4.78, 5) is 31.0. The van der Waals surface area contributed by atoms with Crippen LogP contribution in [0.15, 0.2) is 36.7 Å². The predicted molar refractivity (Wildman–Crippen MR) is 100 cm³/mol. The Morgan fingerprint density at radius 1 is 1.31 bits per heavy atom. The number of aromatic nitrogens is 1. The van der Waals surface area contributed by atoms with Crippen LogP contribution in [0.4, 0.5) is 11.4 Å². The van der Waals surface area contributed by atoms with Gasteiger partial charge in [-0.2, -0.15) is 0 Å². The summed E-state index contributed by atoms with van der Waals surface area (Å²) in [5.41, 5.74) is 2.55. The predicted octanol–water partition coefficient (Wildman–Crippen LogP) is 3.09. The number of nitrogens with zero attached hydrogens (tertiary/aromatic N) is 2. The first-order chi connectivity index (χ1) is 12.3. The fraction of sp³-hybridized carbons (Fsp3) is 0.350. The average molecular weight is 353 g/mol. The second-order valence-corrected chi connectivity index (χ2v) is 7.27. The molecule has 1 aliphatic heterocycles. The Morgan fingerprint density at radius 2 is 2.08 bits per heavy atom. The molecule has 0 spiro atoms. The molecule has 1 N–H and O–H groups in total. The fourth-order valence-electron chi connectivity index (χ4n) is 2.95. The molecule has 0 atom stereocenters. The second-order valence-electron chi connectivity index (χ2n) is 7.27. The van der Waals surface area contributed by atoms with E-state index in [1.54, 1.807) is 23.4 Å². The molecule has 2 amide bonds. The highest BCUT2D eigenvalue weighted by Crippen LogP contribution is 2.33. The molecule has 0 unspecified atom stereocenters. The van der Waals surface area contributed by atoms with E-state index >= 15 is 0 Å². The lowest BCUT2D eigenvalue weighted by atomic mass is 9.92. The zero-order chi connectivity index (χ0) is 18.9. The number of hydrogen-bond donors (Lipinski definition) is 1. The number of fused-ring (bicyclic) bond motifs is 1. The van der Waals surface area contributed by atoms with E-state index in [4.69, 9.17) is 4.74 Å². The van der Waals surface area contributed by atoms with Gasteiger partial charge in [0.2, 0.25) is 5.91 Å². The highest BCUT2D eigenvalue weighted by Gasteiger charge is 2.37. The first-order valence-electron chi connectivity index (χ1n) is 8.54. The van der Waals surface area contributed by atoms with Gasteiger partial charge in [0.15, 0.2) is 6.61 Å². The summed E-state index contributed by atoms with van der Waals surface area (Å²) in [5.74, 6) is 0.331. The molecule has 136 valence electrons. The highest BCUT2D eigenvalue weighted by molar-refractivity contribution is 6.05. The van der Waals surface area contributed by atoms with Gasteiger partial charge in [0.25, 0.3) is 5.91 Å². The van der Waals surface area contributed by atoms with Gasteiger partial charge in [-0.05, 0) is 45.4 Å². The summed E-state index contributed by atoms with van der Waals surface area (Å²) in [6.45, 7) is 7.73. The van der Waals surface area contributed by atoms with E-state index in [1.165, 1.54) is 0 Å². The van der Waals surface area contributed by atoms with Crippen LogP contribution in [0.5, 0.6) is 5.75 Å². The molecule has 3 rings (SSSR count). The molecule has 0 bridgehead atoms. The van der Waals surface area contributed by atoms with E-state index in [1.807, 2.05) is 45.9 Å². The van der Waals surface area contributed by atoms with Crippen LogP contribution in [-0.4, -0.2) is 29.9 Å². The minimum absolute atomic E-state index is 0.109. The van der Waals surface area contributed by atoms with Crippen LogP contribution in [0, 0.1) is 19.3 Å². The number of carbonyl (C=O) groups excluding carboxylic acids is 2. The number of pyridine rings is 1. The van der Waals surface area contributed by atoms with Gasteiger partial charge in [-0.1, -0.05) is 17.7 Å². The first-order valence-corrected chi connectivity index (χ1v) is 8.54. The molecule has 26 heavy (non-hydrogen) atoms. The summed E-state index contributed by atoms with van der Waals surface area (Å²) >= 11 is 0. The number of amides is 2. The molecule has 0 radical (unpaired) electrons. The van der Waals surface area contributed by atoms with Crippen molar-refractivity contribution < 1.29 is 14.3 Å². The van der Waals surface area contributed by atoms with Crippen molar-refractivity contribution in [3.8, 4) is 5.75 Å². The van der Waals surface area contributed by atoms with Gasteiger partial charge in [0.1, 0.15) is 5.75 Å². The van der Waals surface area contributed by atoms with Gasteiger partial charge in [0.05, 0.1) is 23.0 Å². The van der Waals surface area contributed by atoms with Crippen molar-refractivity contribution in [2.75, 3.05) is 23.4 Å². The average Bonchev–Trinajstić information content (AvgIpc) is 2.68.